The molecule has 9 heteroatoms. The van der Waals surface area contributed by atoms with Crippen LogP contribution in [0.5, 0.6) is 0 Å². The molecule has 2 aromatic rings. The standard InChI is InChI=1S/C21H21N3O5S/c1-13(25)27-19-17(23-24-22)18-16(28-21(19)30-15-10-6-3-7-11-15)12-26-20(29-18)14-8-4-2-5-9-14/h2-11,16-21H,12H2,1H3/t16?,17?,18-,19?,20?,21-/m0/s1. The van der Waals surface area contributed by atoms with Gasteiger partial charge >= 0.3 is 5.97 Å². The van der Waals surface area contributed by atoms with E-state index in [1.54, 1.807) is 0 Å². The van der Waals surface area contributed by atoms with Gasteiger partial charge in [-0.05, 0) is 17.7 Å². The molecule has 2 fully saturated rings. The molecule has 0 radical (unpaired) electrons. The lowest BCUT2D eigenvalue weighted by Crippen LogP contribution is -2.61. The fourth-order valence-corrected chi connectivity index (χ4v) is 4.71. The summed E-state index contributed by atoms with van der Waals surface area (Å²) in [4.78, 5) is 15.8. The number of esters is 1. The van der Waals surface area contributed by atoms with Crippen LogP contribution >= 0.6 is 11.8 Å². The molecule has 4 rings (SSSR count). The Kier molecular flexibility index (Phi) is 6.56. The fourth-order valence-electron chi connectivity index (χ4n) is 3.58. The van der Waals surface area contributed by atoms with Crippen LogP contribution < -0.4 is 0 Å². The molecule has 2 saturated heterocycles. The Balaban J connectivity index is 1.61. The highest BCUT2D eigenvalue weighted by Crippen LogP contribution is 2.41. The number of nitrogens with zero attached hydrogens (tertiary/aromatic N) is 3. The van der Waals surface area contributed by atoms with Crippen molar-refractivity contribution in [2.24, 2.45) is 5.11 Å². The molecule has 30 heavy (non-hydrogen) atoms. The van der Waals surface area contributed by atoms with E-state index in [0.717, 1.165) is 10.5 Å². The summed E-state index contributed by atoms with van der Waals surface area (Å²) in [6.07, 6.45) is -2.51. The van der Waals surface area contributed by atoms with Gasteiger partial charge in [0.25, 0.3) is 0 Å². The Morgan fingerprint density at radius 1 is 1.13 bits per heavy atom. The molecule has 0 N–H and O–H groups in total. The number of benzene rings is 2. The first-order chi connectivity index (χ1) is 14.7. The van der Waals surface area contributed by atoms with Gasteiger partial charge in [0.15, 0.2) is 6.29 Å². The SMILES string of the molecule is CC(=O)OC1C(N=[N+]=[N-])[C@H]2OC(c3ccccc3)OCC2O[C@H]1Sc1ccccc1. The summed E-state index contributed by atoms with van der Waals surface area (Å²) in [5, 5.41) is 3.95. The minimum atomic E-state index is -0.806. The summed E-state index contributed by atoms with van der Waals surface area (Å²) in [5.41, 5.74) is 9.48. The Morgan fingerprint density at radius 3 is 2.50 bits per heavy atom. The van der Waals surface area contributed by atoms with Crippen molar-refractivity contribution >= 4 is 17.7 Å². The second kappa shape index (κ2) is 9.51. The average molecular weight is 427 g/mol. The topological polar surface area (TPSA) is 103 Å². The number of fused-ring (bicyclic) bond motifs is 1. The Hall–Kier alpha value is -2.55. The average Bonchev–Trinajstić information content (AvgIpc) is 2.77. The third kappa shape index (κ3) is 4.61. The number of hydrogen-bond donors (Lipinski definition) is 0. The van der Waals surface area contributed by atoms with E-state index < -0.39 is 42.0 Å². The van der Waals surface area contributed by atoms with Crippen LogP contribution in [0.25, 0.3) is 10.4 Å². The molecular formula is C21H21N3O5S. The zero-order chi connectivity index (χ0) is 20.9. The molecule has 0 amide bonds. The summed E-state index contributed by atoms with van der Waals surface area (Å²) in [6.45, 7) is 1.58. The maximum Gasteiger partial charge on any atom is 0.303 e. The number of carbonyl (C=O) groups excluding carboxylic acids is 1. The van der Waals surface area contributed by atoms with Crippen molar-refractivity contribution in [1.29, 1.82) is 0 Å². The lowest BCUT2D eigenvalue weighted by atomic mass is 9.96. The van der Waals surface area contributed by atoms with Crippen LogP contribution in [-0.2, 0) is 23.7 Å². The minimum absolute atomic E-state index is 0.264. The van der Waals surface area contributed by atoms with Gasteiger partial charge < -0.3 is 18.9 Å². The molecule has 0 saturated carbocycles. The van der Waals surface area contributed by atoms with Gasteiger partial charge in [-0.1, -0.05) is 65.4 Å². The quantitative estimate of drug-likeness (QED) is 0.306. The van der Waals surface area contributed by atoms with Crippen LogP contribution in [0.2, 0.25) is 0 Å². The summed E-state index contributed by atoms with van der Waals surface area (Å²) >= 11 is 1.40. The lowest BCUT2D eigenvalue weighted by Gasteiger charge is -2.47. The molecule has 156 valence electrons. The normalized spacial score (nSPS) is 30.6. The number of rotatable bonds is 5. The van der Waals surface area contributed by atoms with E-state index >= 15 is 0 Å². The zero-order valence-corrected chi connectivity index (χ0v) is 17.1. The fraction of sp³-hybridized carbons (Fsp3) is 0.381. The van der Waals surface area contributed by atoms with Crippen molar-refractivity contribution in [2.45, 2.75) is 47.9 Å². The van der Waals surface area contributed by atoms with Crippen molar-refractivity contribution in [2.75, 3.05) is 6.61 Å². The summed E-state index contributed by atoms with van der Waals surface area (Å²) in [5.74, 6) is -0.481. The van der Waals surface area contributed by atoms with Crippen LogP contribution in [0.3, 0.4) is 0 Å². The third-order valence-corrected chi connectivity index (χ3v) is 6.02. The van der Waals surface area contributed by atoms with E-state index in [0.29, 0.717) is 0 Å². The molecule has 8 nitrogen and oxygen atoms in total. The van der Waals surface area contributed by atoms with Gasteiger partial charge in [0, 0.05) is 22.3 Å². The summed E-state index contributed by atoms with van der Waals surface area (Å²) in [6, 6.07) is 18.4. The maximum absolute atomic E-state index is 11.8. The van der Waals surface area contributed by atoms with Gasteiger partial charge in [-0.3, -0.25) is 4.79 Å². The van der Waals surface area contributed by atoms with Gasteiger partial charge in [0.2, 0.25) is 0 Å². The second-order valence-electron chi connectivity index (χ2n) is 6.92. The minimum Gasteiger partial charge on any atom is -0.458 e. The van der Waals surface area contributed by atoms with E-state index in [9.17, 15) is 10.3 Å². The molecular weight excluding hydrogens is 406 g/mol. The largest absolute Gasteiger partial charge is 0.458 e. The van der Waals surface area contributed by atoms with E-state index in [2.05, 4.69) is 10.0 Å². The molecule has 2 aliphatic heterocycles. The van der Waals surface area contributed by atoms with Crippen molar-refractivity contribution in [3.05, 3.63) is 76.7 Å². The van der Waals surface area contributed by atoms with Crippen LogP contribution in [-0.4, -0.2) is 42.4 Å². The van der Waals surface area contributed by atoms with Crippen LogP contribution in [0.15, 0.2) is 70.7 Å². The van der Waals surface area contributed by atoms with E-state index in [-0.39, 0.29) is 6.61 Å². The first kappa shape index (κ1) is 20.7. The highest BCUT2D eigenvalue weighted by molar-refractivity contribution is 7.99. The van der Waals surface area contributed by atoms with E-state index in [1.165, 1.54) is 18.7 Å². The first-order valence-electron chi connectivity index (χ1n) is 9.56. The van der Waals surface area contributed by atoms with Gasteiger partial charge in [-0.25, -0.2) is 0 Å². The first-order valence-corrected chi connectivity index (χ1v) is 10.4. The van der Waals surface area contributed by atoms with Crippen molar-refractivity contribution < 1.29 is 23.7 Å². The predicted molar refractivity (Wildman–Crippen MR) is 109 cm³/mol. The Bertz CT molecular complexity index is 909. The Labute approximate surface area is 178 Å². The van der Waals surface area contributed by atoms with Crippen molar-refractivity contribution in [3.63, 3.8) is 0 Å². The zero-order valence-electron chi connectivity index (χ0n) is 16.2. The highest BCUT2D eigenvalue weighted by Gasteiger charge is 2.51. The highest BCUT2D eigenvalue weighted by atomic mass is 32.2. The van der Waals surface area contributed by atoms with E-state index in [1.807, 2.05) is 60.7 Å². The molecule has 6 atom stereocenters. The second-order valence-corrected chi connectivity index (χ2v) is 8.09. The molecule has 2 heterocycles. The van der Waals surface area contributed by atoms with E-state index in [4.69, 9.17) is 18.9 Å². The van der Waals surface area contributed by atoms with Crippen LogP contribution in [0, 0.1) is 0 Å². The number of thioether (sulfide) groups is 1. The molecule has 2 aliphatic rings. The number of hydrogen-bond acceptors (Lipinski definition) is 7. The summed E-state index contributed by atoms with van der Waals surface area (Å²) in [7, 11) is 0. The lowest BCUT2D eigenvalue weighted by molar-refractivity contribution is -0.298. The summed E-state index contributed by atoms with van der Waals surface area (Å²) < 4.78 is 23.8. The number of azide groups is 1. The molecule has 0 spiro atoms. The molecule has 0 aromatic heterocycles. The molecule has 4 unspecified atom stereocenters. The molecule has 0 bridgehead atoms. The predicted octanol–water partition coefficient (Wildman–Crippen LogP) is 4.23. The van der Waals surface area contributed by atoms with Crippen LogP contribution in [0.4, 0.5) is 0 Å². The van der Waals surface area contributed by atoms with Gasteiger partial charge in [0.05, 0.1) is 6.61 Å². The number of carbonyl (C=O) groups is 1. The van der Waals surface area contributed by atoms with Crippen molar-refractivity contribution in [1.82, 2.24) is 0 Å². The number of ether oxygens (including phenoxy) is 4. The monoisotopic (exact) mass is 427 g/mol. The van der Waals surface area contributed by atoms with Gasteiger partial charge in [-0.2, -0.15) is 0 Å². The molecule has 2 aromatic carbocycles. The third-order valence-electron chi connectivity index (χ3n) is 4.86. The Morgan fingerprint density at radius 2 is 1.83 bits per heavy atom. The molecule has 0 aliphatic carbocycles. The smallest absolute Gasteiger partial charge is 0.303 e. The van der Waals surface area contributed by atoms with Crippen molar-refractivity contribution in [3.8, 4) is 0 Å². The maximum atomic E-state index is 11.8. The van der Waals surface area contributed by atoms with Gasteiger partial charge in [0.1, 0.15) is 29.8 Å². The van der Waals surface area contributed by atoms with Crippen LogP contribution in [0.1, 0.15) is 18.8 Å². The van der Waals surface area contributed by atoms with Gasteiger partial charge in [-0.15, -0.1) is 0 Å².